The third-order valence-electron chi connectivity index (χ3n) is 3.85. The molecule has 3 rings (SSSR count). The van der Waals surface area contributed by atoms with Crippen molar-refractivity contribution >= 4 is 23.0 Å². The number of amides is 1. The maximum atomic E-state index is 12.5. The van der Waals surface area contributed by atoms with Crippen LogP contribution in [0, 0.1) is 0 Å². The van der Waals surface area contributed by atoms with Crippen molar-refractivity contribution in [1.82, 2.24) is 0 Å². The highest BCUT2D eigenvalue weighted by atomic mass is 16.5. The van der Waals surface area contributed by atoms with E-state index in [0.29, 0.717) is 29.4 Å². The predicted octanol–water partition coefficient (Wildman–Crippen LogP) is 2.50. The van der Waals surface area contributed by atoms with Crippen LogP contribution in [0.3, 0.4) is 0 Å². The summed E-state index contributed by atoms with van der Waals surface area (Å²) in [5, 5.41) is 2.89. The Bertz CT molecular complexity index is 748. The first-order valence-corrected chi connectivity index (χ1v) is 7.81. The fourth-order valence-corrected chi connectivity index (χ4v) is 2.81. The standard InChI is InChI=1S/C18H21N3O3/c1-12-10-21(15-8-7-13(19)9-17(15)24-12)11-18(22)20-14-5-3-4-6-16(14)23-2/h3-9,12H,10-11,19H2,1-2H3,(H,20,22). The zero-order valence-corrected chi connectivity index (χ0v) is 13.8. The monoisotopic (exact) mass is 327 g/mol. The van der Waals surface area contributed by atoms with Crippen LogP contribution in [-0.2, 0) is 4.79 Å². The van der Waals surface area contributed by atoms with E-state index in [4.69, 9.17) is 15.2 Å². The number of nitrogens with zero attached hydrogens (tertiary/aromatic N) is 1. The number of nitrogens with one attached hydrogen (secondary N) is 1. The SMILES string of the molecule is COc1ccccc1NC(=O)CN1CC(C)Oc2cc(N)ccc21. The molecule has 6 heteroatoms. The molecule has 3 N–H and O–H groups in total. The Morgan fingerprint density at radius 1 is 1.38 bits per heavy atom. The van der Waals surface area contributed by atoms with Crippen molar-refractivity contribution in [3.05, 3.63) is 42.5 Å². The second-order valence-electron chi connectivity index (χ2n) is 5.78. The summed E-state index contributed by atoms with van der Waals surface area (Å²) >= 11 is 0. The van der Waals surface area contributed by atoms with Crippen LogP contribution in [0.1, 0.15) is 6.92 Å². The van der Waals surface area contributed by atoms with Crippen molar-refractivity contribution in [2.75, 3.05) is 36.1 Å². The van der Waals surface area contributed by atoms with Gasteiger partial charge in [0, 0.05) is 11.8 Å². The van der Waals surface area contributed by atoms with E-state index in [1.807, 2.05) is 48.2 Å². The highest BCUT2D eigenvalue weighted by molar-refractivity contribution is 5.95. The molecule has 1 aliphatic rings. The van der Waals surface area contributed by atoms with Crippen LogP contribution in [0.25, 0.3) is 0 Å². The maximum absolute atomic E-state index is 12.5. The quantitative estimate of drug-likeness (QED) is 0.844. The lowest BCUT2D eigenvalue weighted by Gasteiger charge is -2.34. The van der Waals surface area contributed by atoms with E-state index in [1.165, 1.54) is 0 Å². The maximum Gasteiger partial charge on any atom is 0.243 e. The van der Waals surface area contributed by atoms with Gasteiger partial charge in [0.05, 0.1) is 31.6 Å². The summed E-state index contributed by atoms with van der Waals surface area (Å²) in [4.78, 5) is 14.5. The Labute approximate surface area is 141 Å². The van der Waals surface area contributed by atoms with Crippen LogP contribution in [0.2, 0.25) is 0 Å². The summed E-state index contributed by atoms with van der Waals surface area (Å²) in [5.74, 6) is 1.23. The number of carbonyl (C=O) groups is 1. The Kier molecular flexibility index (Phi) is 4.46. The number of fused-ring (bicyclic) bond motifs is 1. The van der Waals surface area contributed by atoms with Gasteiger partial charge in [-0.3, -0.25) is 4.79 Å². The van der Waals surface area contributed by atoms with E-state index < -0.39 is 0 Å². The fourth-order valence-electron chi connectivity index (χ4n) is 2.81. The summed E-state index contributed by atoms with van der Waals surface area (Å²) in [5.41, 5.74) is 7.99. The van der Waals surface area contributed by atoms with Crippen LogP contribution >= 0.6 is 0 Å². The van der Waals surface area contributed by atoms with Gasteiger partial charge in [-0.15, -0.1) is 0 Å². The summed E-state index contributed by atoms with van der Waals surface area (Å²) < 4.78 is 11.1. The second kappa shape index (κ2) is 6.70. The molecule has 1 unspecified atom stereocenters. The van der Waals surface area contributed by atoms with Crippen molar-refractivity contribution in [1.29, 1.82) is 0 Å². The minimum Gasteiger partial charge on any atom is -0.495 e. The molecule has 126 valence electrons. The van der Waals surface area contributed by atoms with E-state index in [-0.39, 0.29) is 18.6 Å². The average molecular weight is 327 g/mol. The van der Waals surface area contributed by atoms with Crippen molar-refractivity contribution in [3.63, 3.8) is 0 Å². The molecule has 0 bridgehead atoms. The van der Waals surface area contributed by atoms with Gasteiger partial charge in [-0.2, -0.15) is 0 Å². The van der Waals surface area contributed by atoms with Gasteiger partial charge in [0.25, 0.3) is 0 Å². The van der Waals surface area contributed by atoms with Crippen LogP contribution < -0.4 is 25.4 Å². The first-order valence-electron chi connectivity index (χ1n) is 7.81. The smallest absolute Gasteiger partial charge is 0.243 e. The highest BCUT2D eigenvalue weighted by Gasteiger charge is 2.25. The first kappa shape index (κ1) is 16.0. The lowest BCUT2D eigenvalue weighted by molar-refractivity contribution is -0.115. The van der Waals surface area contributed by atoms with Crippen LogP contribution in [0.15, 0.2) is 42.5 Å². The molecular formula is C18H21N3O3. The van der Waals surface area contributed by atoms with E-state index in [9.17, 15) is 4.79 Å². The van der Waals surface area contributed by atoms with Crippen LogP contribution in [0.4, 0.5) is 17.1 Å². The molecule has 0 fully saturated rings. The van der Waals surface area contributed by atoms with Gasteiger partial charge in [0.15, 0.2) is 0 Å². The molecular weight excluding hydrogens is 306 g/mol. The normalized spacial score (nSPS) is 16.1. The summed E-state index contributed by atoms with van der Waals surface area (Å²) in [7, 11) is 1.58. The molecule has 0 aliphatic carbocycles. The fraction of sp³-hybridized carbons (Fsp3) is 0.278. The molecule has 1 aliphatic heterocycles. The lowest BCUT2D eigenvalue weighted by atomic mass is 10.2. The molecule has 0 radical (unpaired) electrons. The number of para-hydroxylation sites is 2. The van der Waals surface area contributed by atoms with Crippen molar-refractivity contribution in [3.8, 4) is 11.5 Å². The molecule has 0 spiro atoms. The number of ether oxygens (including phenoxy) is 2. The first-order chi connectivity index (χ1) is 11.6. The molecule has 24 heavy (non-hydrogen) atoms. The number of hydrogen-bond donors (Lipinski definition) is 2. The number of hydrogen-bond acceptors (Lipinski definition) is 5. The summed E-state index contributed by atoms with van der Waals surface area (Å²) in [6.45, 7) is 2.83. The predicted molar refractivity (Wildman–Crippen MR) is 94.8 cm³/mol. The van der Waals surface area contributed by atoms with Gasteiger partial charge in [-0.25, -0.2) is 0 Å². The molecule has 2 aromatic carbocycles. The van der Waals surface area contributed by atoms with E-state index >= 15 is 0 Å². The number of nitrogen functional groups attached to an aromatic ring is 1. The van der Waals surface area contributed by atoms with Crippen molar-refractivity contribution in [2.24, 2.45) is 0 Å². The largest absolute Gasteiger partial charge is 0.495 e. The number of nitrogens with two attached hydrogens (primary N) is 1. The zero-order chi connectivity index (χ0) is 17.1. The second-order valence-corrected chi connectivity index (χ2v) is 5.78. The van der Waals surface area contributed by atoms with Gasteiger partial charge in [0.2, 0.25) is 5.91 Å². The van der Waals surface area contributed by atoms with E-state index in [2.05, 4.69) is 5.32 Å². The minimum absolute atomic E-state index is 0.0154. The van der Waals surface area contributed by atoms with Crippen LogP contribution in [-0.4, -0.2) is 32.2 Å². The van der Waals surface area contributed by atoms with Gasteiger partial charge < -0.3 is 25.4 Å². The van der Waals surface area contributed by atoms with E-state index in [1.54, 1.807) is 13.2 Å². The Morgan fingerprint density at radius 2 is 2.17 bits per heavy atom. The summed E-state index contributed by atoms with van der Waals surface area (Å²) in [6.07, 6.45) is -0.0154. The number of anilines is 3. The molecule has 6 nitrogen and oxygen atoms in total. The lowest BCUT2D eigenvalue weighted by Crippen LogP contribution is -2.42. The van der Waals surface area contributed by atoms with Crippen molar-refractivity contribution < 1.29 is 14.3 Å². The molecule has 0 saturated carbocycles. The molecule has 1 heterocycles. The van der Waals surface area contributed by atoms with Crippen molar-refractivity contribution in [2.45, 2.75) is 13.0 Å². The topological polar surface area (TPSA) is 76.8 Å². The molecule has 1 atom stereocenters. The minimum atomic E-state index is -0.114. The number of rotatable bonds is 4. The van der Waals surface area contributed by atoms with E-state index in [0.717, 1.165) is 5.69 Å². The number of methoxy groups -OCH3 is 1. The van der Waals surface area contributed by atoms with Gasteiger partial charge in [-0.05, 0) is 31.2 Å². The third kappa shape index (κ3) is 3.37. The van der Waals surface area contributed by atoms with Gasteiger partial charge in [0.1, 0.15) is 17.6 Å². The van der Waals surface area contributed by atoms with Gasteiger partial charge >= 0.3 is 0 Å². The Balaban J connectivity index is 1.75. The Morgan fingerprint density at radius 3 is 2.96 bits per heavy atom. The molecule has 0 saturated heterocycles. The van der Waals surface area contributed by atoms with Crippen LogP contribution in [0.5, 0.6) is 11.5 Å². The molecule has 1 amide bonds. The summed E-state index contributed by atoms with van der Waals surface area (Å²) in [6, 6.07) is 12.8. The zero-order valence-electron chi connectivity index (χ0n) is 13.8. The average Bonchev–Trinajstić information content (AvgIpc) is 2.54. The molecule has 2 aromatic rings. The molecule has 0 aromatic heterocycles. The Hall–Kier alpha value is -2.89. The number of benzene rings is 2. The number of carbonyl (C=O) groups excluding carboxylic acids is 1. The highest BCUT2D eigenvalue weighted by Crippen LogP contribution is 2.35. The third-order valence-corrected chi connectivity index (χ3v) is 3.85. The van der Waals surface area contributed by atoms with Gasteiger partial charge in [-0.1, -0.05) is 12.1 Å².